The van der Waals surface area contributed by atoms with Gasteiger partial charge in [0.2, 0.25) is 0 Å². The van der Waals surface area contributed by atoms with E-state index in [4.69, 9.17) is 0 Å². The quantitative estimate of drug-likeness (QED) is 0.693. The third-order valence-electron chi connectivity index (χ3n) is 4.56. The van der Waals surface area contributed by atoms with E-state index < -0.39 is 5.82 Å². The van der Waals surface area contributed by atoms with Gasteiger partial charge in [0.25, 0.3) is 5.91 Å². The van der Waals surface area contributed by atoms with Gasteiger partial charge in [-0.2, -0.15) is 0 Å². The lowest BCUT2D eigenvalue weighted by Crippen LogP contribution is -2.42. The van der Waals surface area contributed by atoms with Crippen LogP contribution in [0.15, 0.2) is 66.9 Å². The number of aromatic nitrogens is 1. The van der Waals surface area contributed by atoms with E-state index in [0.29, 0.717) is 18.7 Å². The van der Waals surface area contributed by atoms with Crippen LogP contribution in [0.5, 0.6) is 0 Å². The summed E-state index contributed by atoms with van der Waals surface area (Å²) in [7, 11) is 0. The fourth-order valence-electron chi connectivity index (χ4n) is 3.39. The number of benzene rings is 2. The lowest BCUT2D eigenvalue weighted by atomic mass is 9.99. The van der Waals surface area contributed by atoms with E-state index in [-0.39, 0.29) is 17.8 Å². The highest BCUT2D eigenvalue weighted by molar-refractivity contribution is 5.94. The summed E-state index contributed by atoms with van der Waals surface area (Å²) in [5.74, 6) is -0.996. The molecule has 2 aromatic carbocycles. The standard InChI is InChI=1S/C20H16F2N2O/c21-16-8-6-14(7-9-16)19-18-5-2-10-23(18)11-12-24(19)20(25)15-3-1-4-17(22)13-15/h1-10,13,19H,11-12H2. The number of halogens is 2. The third-order valence-corrected chi connectivity index (χ3v) is 4.56. The molecule has 1 aliphatic rings. The van der Waals surface area contributed by atoms with E-state index in [0.717, 1.165) is 11.3 Å². The molecule has 1 aromatic heterocycles. The molecule has 1 amide bonds. The first-order valence-electron chi connectivity index (χ1n) is 8.10. The first kappa shape index (κ1) is 15.6. The maximum absolute atomic E-state index is 13.5. The lowest BCUT2D eigenvalue weighted by Gasteiger charge is -2.37. The molecule has 0 saturated carbocycles. The predicted molar refractivity (Wildman–Crippen MR) is 90.1 cm³/mol. The lowest BCUT2D eigenvalue weighted by molar-refractivity contribution is 0.0663. The van der Waals surface area contributed by atoms with Gasteiger partial charge in [-0.1, -0.05) is 18.2 Å². The molecule has 5 heteroatoms. The molecule has 0 bridgehead atoms. The van der Waals surface area contributed by atoms with Crippen molar-refractivity contribution >= 4 is 5.91 Å². The van der Waals surface area contributed by atoms with Gasteiger partial charge in [-0.05, 0) is 48.0 Å². The van der Waals surface area contributed by atoms with Gasteiger partial charge in [-0.3, -0.25) is 4.79 Å². The number of hydrogen-bond donors (Lipinski definition) is 0. The van der Waals surface area contributed by atoms with Gasteiger partial charge in [-0.25, -0.2) is 8.78 Å². The van der Waals surface area contributed by atoms with Crippen LogP contribution < -0.4 is 0 Å². The highest BCUT2D eigenvalue weighted by Crippen LogP contribution is 2.33. The molecule has 0 saturated heterocycles. The molecular weight excluding hydrogens is 322 g/mol. The molecule has 0 fully saturated rings. The van der Waals surface area contributed by atoms with Crippen molar-refractivity contribution in [1.82, 2.24) is 9.47 Å². The van der Waals surface area contributed by atoms with Crippen LogP contribution in [-0.4, -0.2) is 21.9 Å². The molecule has 0 aliphatic carbocycles. The van der Waals surface area contributed by atoms with Crippen LogP contribution >= 0.6 is 0 Å². The molecule has 2 heterocycles. The van der Waals surface area contributed by atoms with Crippen LogP contribution in [0, 0.1) is 11.6 Å². The minimum atomic E-state index is -0.440. The van der Waals surface area contributed by atoms with E-state index in [1.54, 1.807) is 23.1 Å². The fraction of sp³-hybridized carbons (Fsp3) is 0.150. The molecule has 0 spiro atoms. The zero-order valence-electron chi connectivity index (χ0n) is 13.4. The van der Waals surface area contributed by atoms with Crippen LogP contribution in [0.3, 0.4) is 0 Å². The van der Waals surface area contributed by atoms with Gasteiger partial charge in [0, 0.05) is 30.5 Å². The Kier molecular flexibility index (Phi) is 3.84. The monoisotopic (exact) mass is 338 g/mol. The normalized spacial score (nSPS) is 16.6. The Morgan fingerprint density at radius 1 is 0.920 bits per heavy atom. The molecule has 0 radical (unpaired) electrons. The summed E-state index contributed by atoms with van der Waals surface area (Å²) in [5.41, 5.74) is 2.10. The second-order valence-corrected chi connectivity index (χ2v) is 6.09. The molecule has 4 rings (SSSR count). The molecule has 3 nitrogen and oxygen atoms in total. The Hall–Kier alpha value is -2.95. The second-order valence-electron chi connectivity index (χ2n) is 6.09. The number of nitrogens with zero attached hydrogens (tertiary/aromatic N) is 2. The minimum Gasteiger partial charge on any atom is -0.348 e. The highest BCUT2D eigenvalue weighted by Gasteiger charge is 2.32. The predicted octanol–water partition coefficient (Wildman–Crippen LogP) is 4.01. The molecule has 25 heavy (non-hydrogen) atoms. The van der Waals surface area contributed by atoms with Crippen molar-refractivity contribution in [3.63, 3.8) is 0 Å². The van der Waals surface area contributed by atoms with Crippen molar-refractivity contribution in [3.05, 3.63) is 95.3 Å². The van der Waals surface area contributed by atoms with Crippen LogP contribution in [0.1, 0.15) is 27.7 Å². The van der Waals surface area contributed by atoms with E-state index in [1.165, 1.54) is 30.3 Å². The largest absolute Gasteiger partial charge is 0.348 e. The van der Waals surface area contributed by atoms with Gasteiger partial charge in [0.1, 0.15) is 11.6 Å². The van der Waals surface area contributed by atoms with Crippen LogP contribution in [0.4, 0.5) is 8.78 Å². The molecular formula is C20H16F2N2O. The van der Waals surface area contributed by atoms with Crippen molar-refractivity contribution in [1.29, 1.82) is 0 Å². The molecule has 1 aliphatic heterocycles. The maximum Gasteiger partial charge on any atom is 0.254 e. The van der Waals surface area contributed by atoms with Gasteiger partial charge < -0.3 is 9.47 Å². The second kappa shape index (κ2) is 6.16. The Bertz CT molecular complexity index is 917. The summed E-state index contributed by atoms with van der Waals surface area (Å²) in [4.78, 5) is 14.7. The zero-order valence-corrected chi connectivity index (χ0v) is 13.4. The van der Waals surface area contributed by atoms with Gasteiger partial charge in [0.15, 0.2) is 0 Å². The Balaban J connectivity index is 1.78. The van der Waals surface area contributed by atoms with E-state index in [9.17, 15) is 13.6 Å². The molecule has 3 aromatic rings. The number of carbonyl (C=O) groups is 1. The Morgan fingerprint density at radius 3 is 2.48 bits per heavy atom. The molecule has 126 valence electrons. The molecule has 0 N–H and O–H groups in total. The number of carbonyl (C=O) groups excluding carboxylic acids is 1. The Labute approximate surface area is 144 Å². The molecule has 1 unspecified atom stereocenters. The van der Waals surface area contributed by atoms with Crippen molar-refractivity contribution in [2.45, 2.75) is 12.6 Å². The third kappa shape index (κ3) is 2.82. The number of rotatable bonds is 2. The Morgan fingerprint density at radius 2 is 1.72 bits per heavy atom. The van der Waals surface area contributed by atoms with E-state index in [2.05, 4.69) is 4.57 Å². The zero-order chi connectivity index (χ0) is 17.4. The first-order valence-corrected chi connectivity index (χ1v) is 8.10. The number of fused-ring (bicyclic) bond motifs is 1. The van der Waals surface area contributed by atoms with Crippen LogP contribution in [0.25, 0.3) is 0 Å². The summed E-state index contributed by atoms with van der Waals surface area (Å²) in [6.45, 7) is 1.17. The van der Waals surface area contributed by atoms with Crippen LogP contribution in [0.2, 0.25) is 0 Å². The van der Waals surface area contributed by atoms with Gasteiger partial charge in [0.05, 0.1) is 6.04 Å². The van der Waals surface area contributed by atoms with Crippen molar-refractivity contribution in [2.24, 2.45) is 0 Å². The smallest absolute Gasteiger partial charge is 0.254 e. The minimum absolute atomic E-state index is 0.235. The van der Waals surface area contributed by atoms with Gasteiger partial charge >= 0.3 is 0 Å². The summed E-state index contributed by atoms with van der Waals surface area (Å²) >= 11 is 0. The topological polar surface area (TPSA) is 25.2 Å². The average molecular weight is 338 g/mol. The summed E-state index contributed by atoms with van der Waals surface area (Å²) in [6.07, 6.45) is 1.97. The first-order chi connectivity index (χ1) is 12.1. The van der Waals surface area contributed by atoms with Crippen LogP contribution in [-0.2, 0) is 6.54 Å². The number of amides is 1. The van der Waals surface area contributed by atoms with E-state index in [1.807, 2.05) is 18.3 Å². The summed E-state index contributed by atoms with van der Waals surface area (Å²) in [6, 6.07) is 15.4. The van der Waals surface area contributed by atoms with E-state index >= 15 is 0 Å². The van der Waals surface area contributed by atoms with Crippen molar-refractivity contribution in [2.75, 3.05) is 6.54 Å². The van der Waals surface area contributed by atoms with Crippen molar-refractivity contribution in [3.8, 4) is 0 Å². The van der Waals surface area contributed by atoms with Gasteiger partial charge in [-0.15, -0.1) is 0 Å². The summed E-state index contributed by atoms with van der Waals surface area (Å²) < 4.78 is 28.9. The SMILES string of the molecule is O=C(c1cccc(F)c1)N1CCn2cccc2C1c1ccc(F)cc1. The molecule has 1 atom stereocenters. The number of hydrogen-bond acceptors (Lipinski definition) is 1. The fourth-order valence-corrected chi connectivity index (χ4v) is 3.39. The van der Waals surface area contributed by atoms with Crippen molar-refractivity contribution < 1.29 is 13.6 Å². The average Bonchev–Trinajstić information content (AvgIpc) is 3.10. The maximum atomic E-state index is 13.5. The highest BCUT2D eigenvalue weighted by atomic mass is 19.1. The summed E-state index contributed by atoms with van der Waals surface area (Å²) in [5, 5.41) is 0.